The molecule has 0 saturated carbocycles. The Hall–Kier alpha value is -3.87. The Morgan fingerprint density at radius 1 is 1.06 bits per heavy atom. The summed E-state index contributed by atoms with van der Waals surface area (Å²) in [4.78, 5) is 39.3. The lowest BCUT2D eigenvalue weighted by Crippen LogP contribution is -2.43. The van der Waals surface area contributed by atoms with Gasteiger partial charge >= 0.3 is 6.03 Å². The molecule has 1 saturated heterocycles. The van der Waals surface area contributed by atoms with Crippen molar-refractivity contribution in [3.63, 3.8) is 0 Å². The average molecular weight is 431 g/mol. The molecule has 0 aromatic heterocycles. The molecular weight excluding hydrogens is 406 g/mol. The maximum absolute atomic E-state index is 13.2. The highest BCUT2D eigenvalue weighted by atomic mass is 16.5. The maximum Gasteiger partial charge on any atom is 0.325 e. The van der Waals surface area contributed by atoms with Crippen molar-refractivity contribution in [2.45, 2.75) is 25.4 Å². The fraction of sp³-hybridized carbons (Fsp3) is 0.240. The van der Waals surface area contributed by atoms with Gasteiger partial charge in [-0.15, -0.1) is 0 Å². The quantitative estimate of drug-likeness (QED) is 0.585. The predicted molar refractivity (Wildman–Crippen MR) is 121 cm³/mol. The lowest BCUT2D eigenvalue weighted by atomic mass is 9.90. The number of hydrogen-bond donors (Lipinski definition) is 2. The molecule has 0 unspecified atom stereocenters. The van der Waals surface area contributed by atoms with E-state index in [9.17, 15) is 14.4 Å². The van der Waals surface area contributed by atoms with Crippen LogP contribution in [0.2, 0.25) is 0 Å². The number of benzene rings is 3. The second-order valence-corrected chi connectivity index (χ2v) is 8.07. The summed E-state index contributed by atoms with van der Waals surface area (Å²) in [5.74, 6) is -0.124. The summed E-state index contributed by atoms with van der Waals surface area (Å²) in [6, 6.07) is 19.9. The minimum atomic E-state index is -1.25. The zero-order chi connectivity index (χ0) is 22.9. The van der Waals surface area contributed by atoms with Crippen LogP contribution in [0.5, 0.6) is 5.75 Å². The zero-order valence-corrected chi connectivity index (χ0v) is 18.2. The first-order valence-electron chi connectivity index (χ1n) is 10.4. The van der Waals surface area contributed by atoms with E-state index in [0.717, 1.165) is 27.0 Å². The molecule has 0 spiro atoms. The molecule has 0 radical (unpaired) electrons. The first-order valence-corrected chi connectivity index (χ1v) is 10.4. The van der Waals surface area contributed by atoms with Gasteiger partial charge in [-0.05, 0) is 53.9 Å². The molecule has 2 atom stereocenters. The highest BCUT2D eigenvalue weighted by molar-refractivity contribution is 6.09. The van der Waals surface area contributed by atoms with E-state index in [-0.39, 0.29) is 12.6 Å². The number of rotatable bonds is 6. The van der Waals surface area contributed by atoms with Gasteiger partial charge in [-0.1, -0.05) is 48.5 Å². The minimum absolute atomic E-state index is 0.242. The number of imide groups is 1. The molecule has 1 aliphatic rings. The number of nitrogens with zero attached hydrogens (tertiary/aromatic N) is 1. The van der Waals surface area contributed by atoms with Crippen molar-refractivity contribution in [3.05, 3.63) is 77.9 Å². The molecule has 7 heteroatoms. The molecule has 3 aromatic rings. The van der Waals surface area contributed by atoms with Gasteiger partial charge in [0.15, 0.2) is 0 Å². The number of hydrogen-bond acceptors (Lipinski definition) is 4. The normalized spacial score (nSPS) is 19.0. The summed E-state index contributed by atoms with van der Waals surface area (Å²) < 4.78 is 5.25. The van der Waals surface area contributed by atoms with Crippen LogP contribution < -0.4 is 15.4 Å². The molecule has 4 amide bonds. The van der Waals surface area contributed by atoms with Crippen molar-refractivity contribution in [1.82, 2.24) is 15.5 Å². The first-order chi connectivity index (χ1) is 15.3. The van der Waals surface area contributed by atoms with Crippen LogP contribution in [0.1, 0.15) is 31.0 Å². The van der Waals surface area contributed by atoms with Crippen LogP contribution >= 0.6 is 0 Å². The Morgan fingerprint density at radius 2 is 1.75 bits per heavy atom. The number of nitrogens with one attached hydrogen (secondary N) is 2. The SMILES string of the molecule is COc1ccc2cc([C@]3(C)NC(=O)N(CC(=O)N[C@H](C)c4ccccc4)C3=O)ccc2c1. The van der Waals surface area contributed by atoms with Crippen LogP contribution in [-0.2, 0) is 15.1 Å². The second kappa shape index (κ2) is 8.34. The molecule has 32 heavy (non-hydrogen) atoms. The third-order valence-corrected chi connectivity index (χ3v) is 5.88. The third kappa shape index (κ3) is 3.89. The van der Waals surface area contributed by atoms with Crippen LogP contribution in [0.15, 0.2) is 66.7 Å². The summed E-state index contributed by atoms with van der Waals surface area (Å²) >= 11 is 0. The van der Waals surface area contributed by atoms with E-state index < -0.39 is 23.4 Å². The largest absolute Gasteiger partial charge is 0.497 e. The van der Waals surface area contributed by atoms with Crippen LogP contribution in [0.3, 0.4) is 0 Å². The zero-order valence-electron chi connectivity index (χ0n) is 18.2. The van der Waals surface area contributed by atoms with Crippen LogP contribution in [-0.4, -0.2) is 36.4 Å². The third-order valence-electron chi connectivity index (χ3n) is 5.88. The molecule has 2 N–H and O–H groups in total. The maximum atomic E-state index is 13.2. The van der Waals surface area contributed by atoms with E-state index in [0.29, 0.717) is 5.56 Å². The monoisotopic (exact) mass is 431 g/mol. The summed E-state index contributed by atoms with van der Waals surface area (Å²) in [5, 5.41) is 7.47. The molecule has 1 fully saturated rings. The topological polar surface area (TPSA) is 87.7 Å². The standard InChI is InChI=1S/C25H25N3O4/c1-16(17-7-5-4-6-8-17)26-22(29)15-28-23(30)25(2,27-24(28)31)20-11-9-19-14-21(32-3)12-10-18(19)13-20/h4-14,16H,15H2,1-3H3,(H,26,29)(H,27,31)/t16-,25+/m1/s1. The molecule has 7 nitrogen and oxygen atoms in total. The Kier molecular flexibility index (Phi) is 5.57. The van der Waals surface area contributed by atoms with Gasteiger partial charge < -0.3 is 15.4 Å². The van der Waals surface area contributed by atoms with E-state index >= 15 is 0 Å². The van der Waals surface area contributed by atoms with Gasteiger partial charge in [0.2, 0.25) is 5.91 Å². The Morgan fingerprint density at radius 3 is 2.47 bits per heavy atom. The molecular formula is C25H25N3O4. The molecule has 1 aliphatic heterocycles. The molecule has 1 heterocycles. The lowest BCUT2D eigenvalue weighted by Gasteiger charge is -2.23. The van der Waals surface area contributed by atoms with Gasteiger partial charge in [-0.2, -0.15) is 0 Å². The van der Waals surface area contributed by atoms with Gasteiger partial charge in [0.1, 0.15) is 17.8 Å². The molecule has 0 bridgehead atoms. The van der Waals surface area contributed by atoms with Crippen molar-refractivity contribution in [2.24, 2.45) is 0 Å². The highest BCUT2D eigenvalue weighted by Crippen LogP contribution is 2.32. The van der Waals surface area contributed by atoms with Gasteiger partial charge in [0.25, 0.3) is 5.91 Å². The van der Waals surface area contributed by atoms with Crippen molar-refractivity contribution >= 4 is 28.6 Å². The van der Waals surface area contributed by atoms with E-state index in [1.54, 1.807) is 20.1 Å². The lowest BCUT2D eigenvalue weighted by molar-refractivity contribution is -0.135. The van der Waals surface area contributed by atoms with Crippen molar-refractivity contribution < 1.29 is 19.1 Å². The highest BCUT2D eigenvalue weighted by Gasteiger charge is 2.49. The number of ether oxygens (including phenoxy) is 1. The van der Waals surface area contributed by atoms with Crippen LogP contribution in [0.4, 0.5) is 4.79 Å². The Balaban J connectivity index is 1.51. The Bertz CT molecular complexity index is 1190. The van der Waals surface area contributed by atoms with Gasteiger partial charge in [-0.3, -0.25) is 14.5 Å². The second-order valence-electron chi connectivity index (χ2n) is 8.07. The predicted octanol–water partition coefficient (Wildman–Crippen LogP) is 3.49. The molecule has 3 aromatic carbocycles. The molecule has 4 rings (SSSR count). The van der Waals surface area contributed by atoms with Crippen molar-refractivity contribution in [3.8, 4) is 5.75 Å². The number of urea groups is 1. The average Bonchev–Trinajstić information content (AvgIpc) is 3.02. The van der Waals surface area contributed by atoms with E-state index in [2.05, 4.69) is 10.6 Å². The van der Waals surface area contributed by atoms with Crippen LogP contribution in [0.25, 0.3) is 10.8 Å². The summed E-state index contributed by atoms with van der Waals surface area (Å²) in [7, 11) is 1.61. The molecule has 0 aliphatic carbocycles. The van der Waals surface area contributed by atoms with Gasteiger partial charge in [-0.25, -0.2) is 4.79 Å². The van der Waals surface area contributed by atoms with Crippen molar-refractivity contribution in [1.29, 1.82) is 0 Å². The fourth-order valence-corrected chi connectivity index (χ4v) is 3.95. The number of methoxy groups -OCH3 is 1. The first kappa shape index (κ1) is 21.4. The van der Waals surface area contributed by atoms with Crippen LogP contribution in [0, 0.1) is 0 Å². The Labute approximate surface area is 186 Å². The van der Waals surface area contributed by atoms with E-state index in [4.69, 9.17) is 4.74 Å². The number of amides is 4. The summed E-state index contributed by atoms with van der Waals surface area (Å²) in [6.07, 6.45) is 0. The van der Waals surface area contributed by atoms with Crippen molar-refractivity contribution in [2.75, 3.05) is 13.7 Å². The van der Waals surface area contributed by atoms with E-state index in [1.807, 2.05) is 67.6 Å². The number of fused-ring (bicyclic) bond motifs is 1. The summed E-state index contributed by atoms with van der Waals surface area (Å²) in [5.41, 5.74) is 0.334. The van der Waals surface area contributed by atoms with E-state index in [1.165, 1.54) is 0 Å². The fourth-order valence-electron chi connectivity index (χ4n) is 3.95. The van der Waals surface area contributed by atoms with Gasteiger partial charge in [0.05, 0.1) is 13.2 Å². The number of carbonyl (C=O) groups is 3. The number of carbonyl (C=O) groups excluding carboxylic acids is 3. The molecule has 164 valence electrons. The van der Waals surface area contributed by atoms with Gasteiger partial charge in [0, 0.05) is 0 Å². The summed E-state index contributed by atoms with van der Waals surface area (Å²) in [6.45, 7) is 3.16. The smallest absolute Gasteiger partial charge is 0.325 e. The minimum Gasteiger partial charge on any atom is -0.497 e.